The van der Waals surface area contributed by atoms with Gasteiger partial charge >= 0.3 is 12.1 Å². The minimum Gasteiger partial charge on any atom is -0.378 e. The third-order valence-corrected chi connectivity index (χ3v) is 3.28. The standard InChI is InChI=1S/C15H21N3O3/c1-12(11-13-5-3-2-4-6-13)16-14(19)17-15(20)18-7-9-21-10-8-18/h2-6,12H,7-11H2,1H3,(H2,16,17,19,20). The van der Waals surface area contributed by atoms with Gasteiger partial charge in [0, 0.05) is 19.1 Å². The summed E-state index contributed by atoms with van der Waals surface area (Å²) in [6, 6.07) is 9.01. The Balaban J connectivity index is 1.74. The highest BCUT2D eigenvalue weighted by molar-refractivity contribution is 5.93. The zero-order chi connectivity index (χ0) is 15.1. The number of nitrogens with one attached hydrogen (secondary N) is 2. The number of nitrogens with zero attached hydrogens (tertiary/aromatic N) is 1. The zero-order valence-electron chi connectivity index (χ0n) is 12.2. The SMILES string of the molecule is CC(Cc1ccccc1)NC(=O)NC(=O)N1CCOCC1. The predicted octanol–water partition coefficient (Wildman–Crippen LogP) is 1.37. The van der Waals surface area contributed by atoms with Gasteiger partial charge < -0.3 is 15.0 Å². The van der Waals surface area contributed by atoms with Gasteiger partial charge in [-0.15, -0.1) is 0 Å². The summed E-state index contributed by atoms with van der Waals surface area (Å²) in [5.74, 6) is 0. The van der Waals surface area contributed by atoms with E-state index in [1.165, 1.54) is 0 Å². The van der Waals surface area contributed by atoms with E-state index in [2.05, 4.69) is 10.6 Å². The molecule has 1 fully saturated rings. The molecule has 1 saturated heterocycles. The lowest BCUT2D eigenvalue weighted by molar-refractivity contribution is 0.0538. The summed E-state index contributed by atoms with van der Waals surface area (Å²) < 4.78 is 5.16. The second-order valence-corrected chi connectivity index (χ2v) is 5.09. The molecule has 2 rings (SSSR count). The van der Waals surface area contributed by atoms with E-state index in [1.54, 1.807) is 4.90 Å². The van der Waals surface area contributed by atoms with Crippen molar-refractivity contribution in [1.29, 1.82) is 0 Å². The molecule has 0 saturated carbocycles. The van der Waals surface area contributed by atoms with Crippen LogP contribution in [0.25, 0.3) is 0 Å². The molecule has 1 aromatic rings. The number of rotatable bonds is 3. The Bertz CT molecular complexity index is 472. The second-order valence-electron chi connectivity index (χ2n) is 5.09. The van der Waals surface area contributed by atoms with Crippen LogP contribution in [-0.4, -0.2) is 49.3 Å². The third kappa shape index (κ3) is 5.07. The highest BCUT2D eigenvalue weighted by Gasteiger charge is 2.19. The maximum absolute atomic E-state index is 11.8. The Labute approximate surface area is 124 Å². The first kappa shape index (κ1) is 15.3. The number of morpholine rings is 1. The smallest absolute Gasteiger partial charge is 0.325 e. The van der Waals surface area contributed by atoms with Crippen LogP contribution in [0, 0.1) is 0 Å². The van der Waals surface area contributed by atoms with E-state index in [0.717, 1.165) is 12.0 Å². The molecule has 21 heavy (non-hydrogen) atoms. The average Bonchev–Trinajstić information content (AvgIpc) is 2.48. The average molecular weight is 291 g/mol. The summed E-state index contributed by atoms with van der Waals surface area (Å²) in [4.78, 5) is 25.2. The first-order chi connectivity index (χ1) is 10.1. The summed E-state index contributed by atoms with van der Waals surface area (Å²) in [6.07, 6.45) is 0.722. The Kier molecular flexibility index (Phi) is 5.57. The lowest BCUT2D eigenvalue weighted by Crippen LogP contribution is -2.51. The quantitative estimate of drug-likeness (QED) is 0.883. The number of imide groups is 1. The van der Waals surface area contributed by atoms with E-state index >= 15 is 0 Å². The van der Waals surface area contributed by atoms with Gasteiger partial charge in [0.05, 0.1) is 13.2 Å². The summed E-state index contributed by atoms with van der Waals surface area (Å²) >= 11 is 0. The van der Waals surface area contributed by atoms with E-state index in [0.29, 0.717) is 26.3 Å². The molecular weight excluding hydrogens is 270 g/mol. The van der Waals surface area contributed by atoms with Crippen LogP contribution in [0.2, 0.25) is 0 Å². The number of benzene rings is 1. The lowest BCUT2D eigenvalue weighted by Gasteiger charge is -2.26. The van der Waals surface area contributed by atoms with Crippen molar-refractivity contribution in [3.8, 4) is 0 Å². The van der Waals surface area contributed by atoms with Crippen LogP contribution in [0.3, 0.4) is 0 Å². The van der Waals surface area contributed by atoms with E-state index in [4.69, 9.17) is 4.74 Å². The summed E-state index contributed by atoms with van der Waals surface area (Å²) in [6.45, 7) is 3.96. The Hall–Kier alpha value is -2.08. The maximum Gasteiger partial charge on any atom is 0.325 e. The molecule has 1 aromatic carbocycles. The van der Waals surface area contributed by atoms with E-state index < -0.39 is 6.03 Å². The fraction of sp³-hybridized carbons (Fsp3) is 0.467. The Morgan fingerprint density at radius 3 is 2.57 bits per heavy atom. The monoisotopic (exact) mass is 291 g/mol. The van der Waals surface area contributed by atoms with Crippen molar-refractivity contribution in [2.24, 2.45) is 0 Å². The topological polar surface area (TPSA) is 70.7 Å². The molecule has 0 spiro atoms. The zero-order valence-corrected chi connectivity index (χ0v) is 12.2. The summed E-state index contributed by atoms with van der Waals surface area (Å²) in [7, 11) is 0. The van der Waals surface area contributed by atoms with Crippen LogP contribution < -0.4 is 10.6 Å². The first-order valence-corrected chi connectivity index (χ1v) is 7.13. The molecule has 1 aliphatic rings. The van der Waals surface area contributed by atoms with Gasteiger partial charge in [-0.25, -0.2) is 9.59 Å². The largest absolute Gasteiger partial charge is 0.378 e. The minimum atomic E-state index is -0.463. The molecule has 6 heteroatoms. The van der Waals surface area contributed by atoms with Crippen molar-refractivity contribution in [2.45, 2.75) is 19.4 Å². The van der Waals surface area contributed by atoms with Gasteiger partial charge in [-0.05, 0) is 18.9 Å². The lowest BCUT2D eigenvalue weighted by atomic mass is 10.1. The van der Waals surface area contributed by atoms with Gasteiger partial charge in [0.25, 0.3) is 0 Å². The molecule has 0 aliphatic carbocycles. The van der Waals surface area contributed by atoms with Crippen LogP contribution in [0.5, 0.6) is 0 Å². The molecule has 1 heterocycles. The number of hydrogen-bond acceptors (Lipinski definition) is 3. The first-order valence-electron chi connectivity index (χ1n) is 7.13. The number of carbonyl (C=O) groups excluding carboxylic acids is 2. The van der Waals surface area contributed by atoms with Gasteiger partial charge in [0.15, 0.2) is 0 Å². The number of urea groups is 2. The van der Waals surface area contributed by atoms with E-state index in [-0.39, 0.29) is 12.1 Å². The normalized spacial score (nSPS) is 16.1. The van der Waals surface area contributed by atoms with Crippen LogP contribution in [0.15, 0.2) is 30.3 Å². The molecule has 0 radical (unpaired) electrons. The Morgan fingerprint density at radius 1 is 1.24 bits per heavy atom. The molecule has 4 amide bonds. The fourth-order valence-electron chi connectivity index (χ4n) is 2.22. The molecular formula is C15H21N3O3. The molecule has 0 aromatic heterocycles. The van der Waals surface area contributed by atoms with Gasteiger partial charge in [-0.1, -0.05) is 30.3 Å². The molecule has 1 atom stereocenters. The van der Waals surface area contributed by atoms with Crippen LogP contribution in [0.4, 0.5) is 9.59 Å². The molecule has 6 nitrogen and oxygen atoms in total. The van der Waals surface area contributed by atoms with Crippen molar-refractivity contribution < 1.29 is 14.3 Å². The fourth-order valence-corrected chi connectivity index (χ4v) is 2.22. The van der Waals surface area contributed by atoms with Crippen LogP contribution in [0.1, 0.15) is 12.5 Å². The maximum atomic E-state index is 11.8. The third-order valence-electron chi connectivity index (χ3n) is 3.28. The predicted molar refractivity (Wildman–Crippen MR) is 79.1 cm³/mol. The molecule has 2 N–H and O–H groups in total. The van der Waals surface area contributed by atoms with Crippen molar-refractivity contribution in [3.63, 3.8) is 0 Å². The number of amides is 4. The van der Waals surface area contributed by atoms with Crippen molar-refractivity contribution in [3.05, 3.63) is 35.9 Å². The van der Waals surface area contributed by atoms with Gasteiger partial charge in [0.1, 0.15) is 0 Å². The highest BCUT2D eigenvalue weighted by Crippen LogP contribution is 2.02. The van der Waals surface area contributed by atoms with Gasteiger partial charge in [-0.2, -0.15) is 0 Å². The molecule has 1 unspecified atom stereocenters. The van der Waals surface area contributed by atoms with Crippen LogP contribution in [-0.2, 0) is 11.2 Å². The molecule has 1 aliphatic heterocycles. The summed E-state index contributed by atoms with van der Waals surface area (Å²) in [5.41, 5.74) is 1.14. The molecule has 114 valence electrons. The minimum absolute atomic E-state index is 0.0510. The molecule has 0 bridgehead atoms. The number of ether oxygens (including phenoxy) is 1. The van der Waals surface area contributed by atoms with E-state index in [9.17, 15) is 9.59 Å². The van der Waals surface area contributed by atoms with Crippen LogP contribution >= 0.6 is 0 Å². The van der Waals surface area contributed by atoms with Crippen molar-refractivity contribution in [2.75, 3.05) is 26.3 Å². The Morgan fingerprint density at radius 2 is 1.90 bits per heavy atom. The van der Waals surface area contributed by atoms with Gasteiger partial charge in [-0.3, -0.25) is 5.32 Å². The summed E-state index contributed by atoms with van der Waals surface area (Å²) in [5, 5.41) is 5.12. The number of carbonyl (C=O) groups is 2. The van der Waals surface area contributed by atoms with Crippen molar-refractivity contribution in [1.82, 2.24) is 15.5 Å². The van der Waals surface area contributed by atoms with Crippen molar-refractivity contribution >= 4 is 12.1 Å². The van der Waals surface area contributed by atoms with E-state index in [1.807, 2.05) is 37.3 Å². The second kappa shape index (κ2) is 7.64. The number of hydrogen-bond donors (Lipinski definition) is 2. The highest BCUT2D eigenvalue weighted by atomic mass is 16.5. The van der Waals surface area contributed by atoms with Gasteiger partial charge in [0.2, 0.25) is 0 Å².